The Morgan fingerprint density at radius 1 is 1.20 bits per heavy atom. The minimum Gasteiger partial charge on any atom is -0.478 e. The molecule has 104 valence electrons. The van der Waals surface area contributed by atoms with E-state index in [2.05, 4.69) is 10.6 Å². The summed E-state index contributed by atoms with van der Waals surface area (Å²) >= 11 is 6.04. The molecule has 2 rings (SSSR count). The third-order valence-corrected chi connectivity index (χ3v) is 3.32. The summed E-state index contributed by atoms with van der Waals surface area (Å²) in [6.45, 7) is 0. The second-order valence-corrected chi connectivity index (χ2v) is 4.91. The Bertz CT molecular complexity index is 592. The Morgan fingerprint density at radius 3 is 2.15 bits per heavy atom. The van der Waals surface area contributed by atoms with Crippen molar-refractivity contribution < 1.29 is 19.5 Å². The molecule has 0 bridgehead atoms. The minimum absolute atomic E-state index is 0.0942. The lowest BCUT2D eigenvalue weighted by atomic mass is 9.95. The van der Waals surface area contributed by atoms with Crippen molar-refractivity contribution in [3.8, 4) is 0 Å². The third-order valence-electron chi connectivity index (χ3n) is 2.85. The van der Waals surface area contributed by atoms with Crippen LogP contribution in [0, 0.1) is 5.41 Å². The molecule has 1 saturated heterocycles. The normalized spacial score (nSPS) is 22.1. The Kier molecular flexibility index (Phi) is 3.46. The van der Waals surface area contributed by atoms with Crippen molar-refractivity contribution in [1.82, 2.24) is 10.6 Å². The van der Waals surface area contributed by atoms with Crippen LogP contribution in [0.5, 0.6) is 0 Å². The first kappa shape index (κ1) is 14.0. The molecule has 1 aromatic rings. The molecular formula is C12H10ClN3O4. The first-order valence-electron chi connectivity index (χ1n) is 5.55. The molecule has 7 nitrogen and oxygen atoms in total. The number of hydrogen-bond acceptors (Lipinski definition) is 4. The molecule has 8 heteroatoms. The molecule has 1 aliphatic heterocycles. The molecule has 1 aliphatic rings. The highest BCUT2D eigenvalue weighted by molar-refractivity contribution is 6.49. The molecule has 0 atom stereocenters. The number of halogens is 1. The van der Waals surface area contributed by atoms with Crippen LogP contribution in [-0.2, 0) is 16.0 Å². The maximum absolute atomic E-state index is 11.8. The molecule has 0 unspecified atom stereocenters. The van der Waals surface area contributed by atoms with E-state index in [1.165, 1.54) is 24.3 Å². The number of rotatable bonds is 3. The van der Waals surface area contributed by atoms with E-state index in [1.54, 1.807) is 0 Å². The van der Waals surface area contributed by atoms with E-state index in [4.69, 9.17) is 22.1 Å². The van der Waals surface area contributed by atoms with Crippen molar-refractivity contribution in [3.05, 3.63) is 35.4 Å². The van der Waals surface area contributed by atoms with Crippen molar-refractivity contribution >= 4 is 35.3 Å². The number of nitrogens with one attached hydrogen (secondary N) is 3. The van der Waals surface area contributed by atoms with Crippen LogP contribution in [0.15, 0.2) is 24.3 Å². The van der Waals surface area contributed by atoms with E-state index in [1.807, 2.05) is 0 Å². The smallest absolute Gasteiger partial charge is 0.335 e. The number of carboxylic acids is 1. The molecule has 0 spiro atoms. The highest BCUT2D eigenvalue weighted by Gasteiger charge is 2.48. The van der Waals surface area contributed by atoms with Crippen LogP contribution >= 0.6 is 11.6 Å². The standard InChI is InChI=1S/C12H10ClN3O4/c13-12(9(19)15-11(14)16-10(12)20)5-6-1-3-7(4-2-6)8(17)18/h1-4H,5H2,(H,17,18)(H3,14,15,16,19,20). The van der Waals surface area contributed by atoms with Gasteiger partial charge in [0.25, 0.3) is 11.8 Å². The fourth-order valence-electron chi connectivity index (χ4n) is 1.77. The van der Waals surface area contributed by atoms with Gasteiger partial charge in [-0.1, -0.05) is 23.7 Å². The third kappa shape index (κ3) is 2.48. The summed E-state index contributed by atoms with van der Waals surface area (Å²) in [5, 5.41) is 20.2. The fourth-order valence-corrected chi connectivity index (χ4v) is 2.02. The molecule has 0 radical (unpaired) electrons. The molecule has 0 aliphatic carbocycles. The van der Waals surface area contributed by atoms with E-state index in [0.29, 0.717) is 5.56 Å². The van der Waals surface area contributed by atoms with Crippen LogP contribution in [-0.4, -0.2) is 33.7 Å². The Labute approximate surface area is 118 Å². The highest BCUT2D eigenvalue weighted by Crippen LogP contribution is 2.24. The number of hydrogen-bond donors (Lipinski definition) is 4. The topological polar surface area (TPSA) is 119 Å². The monoisotopic (exact) mass is 295 g/mol. The molecule has 4 N–H and O–H groups in total. The summed E-state index contributed by atoms with van der Waals surface area (Å²) in [6.07, 6.45) is -0.112. The number of benzene rings is 1. The van der Waals surface area contributed by atoms with Gasteiger partial charge in [-0.25, -0.2) is 4.79 Å². The van der Waals surface area contributed by atoms with Gasteiger partial charge in [-0.15, -0.1) is 0 Å². The molecule has 1 fully saturated rings. The van der Waals surface area contributed by atoms with Crippen molar-refractivity contribution in [3.63, 3.8) is 0 Å². The number of aromatic carboxylic acids is 1. The van der Waals surface area contributed by atoms with E-state index in [-0.39, 0.29) is 12.0 Å². The zero-order valence-corrected chi connectivity index (χ0v) is 10.8. The maximum Gasteiger partial charge on any atom is 0.335 e. The minimum atomic E-state index is -1.85. The van der Waals surface area contributed by atoms with E-state index in [0.717, 1.165) is 0 Å². The number of carboxylic acid groups (broad SMARTS) is 1. The molecule has 0 aromatic heterocycles. The highest BCUT2D eigenvalue weighted by atomic mass is 35.5. The lowest BCUT2D eigenvalue weighted by Gasteiger charge is -2.29. The van der Waals surface area contributed by atoms with Gasteiger partial charge in [0.1, 0.15) is 0 Å². The van der Waals surface area contributed by atoms with E-state index >= 15 is 0 Å². The molecule has 1 heterocycles. The van der Waals surface area contributed by atoms with Gasteiger partial charge in [0.15, 0.2) is 0 Å². The average molecular weight is 296 g/mol. The van der Waals surface area contributed by atoms with Gasteiger partial charge in [0.05, 0.1) is 5.56 Å². The summed E-state index contributed by atoms with van der Waals surface area (Å²) in [7, 11) is 0. The van der Waals surface area contributed by atoms with Crippen LogP contribution in [0.25, 0.3) is 0 Å². The van der Waals surface area contributed by atoms with Gasteiger partial charge in [-0.2, -0.15) is 0 Å². The molecule has 20 heavy (non-hydrogen) atoms. The van der Waals surface area contributed by atoms with Crippen LogP contribution in [0.1, 0.15) is 15.9 Å². The van der Waals surface area contributed by atoms with Gasteiger partial charge in [0, 0.05) is 6.42 Å². The lowest BCUT2D eigenvalue weighted by Crippen LogP contribution is -2.65. The first-order valence-corrected chi connectivity index (χ1v) is 5.93. The zero-order valence-electron chi connectivity index (χ0n) is 10.1. The SMILES string of the molecule is N=C1NC(=O)C(Cl)(Cc2ccc(C(=O)O)cc2)C(=O)N1. The molecule has 0 saturated carbocycles. The van der Waals surface area contributed by atoms with Crippen LogP contribution in [0.2, 0.25) is 0 Å². The van der Waals surface area contributed by atoms with Crippen molar-refractivity contribution in [2.24, 2.45) is 0 Å². The van der Waals surface area contributed by atoms with Gasteiger partial charge < -0.3 is 5.11 Å². The largest absolute Gasteiger partial charge is 0.478 e. The van der Waals surface area contributed by atoms with Crippen LogP contribution in [0.3, 0.4) is 0 Å². The van der Waals surface area contributed by atoms with Crippen LogP contribution < -0.4 is 10.6 Å². The summed E-state index contributed by atoms with van der Waals surface area (Å²) < 4.78 is 0. The van der Waals surface area contributed by atoms with E-state index in [9.17, 15) is 14.4 Å². The number of alkyl halides is 1. The predicted molar refractivity (Wildman–Crippen MR) is 69.7 cm³/mol. The van der Waals surface area contributed by atoms with Crippen LogP contribution in [0.4, 0.5) is 0 Å². The summed E-state index contributed by atoms with van der Waals surface area (Å²) in [6, 6.07) is 5.68. The van der Waals surface area contributed by atoms with Crippen molar-refractivity contribution in [1.29, 1.82) is 5.41 Å². The predicted octanol–water partition coefficient (Wildman–Crippen LogP) is 0.0857. The summed E-state index contributed by atoms with van der Waals surface area (Å²) in [5.41, 5.74) is 0.625. The van der Waals surface area contributed by atoms with Gasteiger partial charge in [-0.3, -0.25) is 25.6 Å². The maximum atomic E-state index is 11.8. The van der Waals surface area contributed by atoms with E-state index < -0.39 is 28.6 Å². The number of carbonyl (C=O) groups is 3. The quantitative estimate of drug-likeness (QED) is 0.466. The van der Waals surface area contributed by atoms with Gasteiger partial charge >= 0.3 is 5.97 Å². The zero-order chi connectivity index (χ0) is 14.9. The lowest BCUT2D eigenvalue weighted by molar-refractivity contribution is -0.133. The second kappa shape index (κ2) is 4.93. The summed E-state index contributed by atoms with van der Waals surface area (Å²) in [5.74, 6) is -3.05. The van der Waals surface area contributed by atoms with Gasteiger partial charge in [0.2, 0.25) is 10.8 Å². The number of carbonyl (C=O) groups excluding carboxylic acids is 2. The average Bonchev–Trinajstić information content (AvgIpc) is 2.37. The number of amides is 2. The number of guanidine groups is 1. The van der Waals surface area contributed by atoms with Gasteiger partial charge in [-0.05, 0) is 17.7 Å². The molecule has 1 aromatic carbocycles. The van der Waals surface area contributed by atoms with Crippen molar-refractivity contribution in [2.75, 3.05) is 0 Å². The Hall–Kier alpha value is -2.41. The van der Waals surface area contributed by atoms with Crippen molar-refractivity contribution in [2.45, 2.75) is 11.3 Å². The first-order chi connectivity index (χ1) is 9.33. The Morgan fingerprint density at radius 2 is 1.70 bits per heavy atom. The summed E-state index contributed by atoms with van der Waals surface area (Å²) in [4.78, 5) is 32.4. The molecule has 2 amide bonds. The fraction of sp³-hybridized carbons (Fsp3) is 0.167. The second-order valence-electron chi connectivity index (χ2n) is 4.26. The Balaban J connectivity index is 2.23. The molecular weight excluding hydrogens is 286 g/mol.